The van der Waals surface area contributed by atoms with E-state index in [-0.39, 0.29) is 22.8 Å². The first-order valence-electron chi connectivity index (χ1n) is 21.3. The van der Waals surface area contributed by atoms with Crippen molar-refractivity contribution in [1.29, 1.82) is 0 Å². The molecule has 0 aromatic heterocycles. The SMILES string of the molecule is CCCCCCCCNC(=O)CC[C@@H](C)[C@H]1CC[C@H]2C3[C@H](OCCCC)CC4C[C@H](OCCCN)CC[C@]4(C)[C@H]3C[C@H](OCCCN)[C@]12C. The Kier molecular flexibility index (Phi) is 17.2. The fraction of sp³-hybridized carbons (Fsp3) is 0.976. The van der Waals surface area contributed by atoms with Crippen LogP contribution >= 0.6 is 0 Å². The number of fused-ring (bicyclic) bond motifs is 5. The summed E-state index contributed by atoms with van der Waals surface area (Å²) in [5.74, 6) is 3.66. The Morgan fingerprint density at radius 1 is 0.796 bits per heavy atom. The average Bonchev–Trinajstić information content (AvgIpc) is 3.45. The fourth-order valence-corrected chi connectivity index (χ4v) is 11.4. The molecule has 0 bridgehead atoms. The highest BCUT2D eigenvalue weighted by Crippen LogP contribution is 2.69. The van der Waals surface area contributed by atoms with Crippen LogP contribution in [0, 0.1) is 46.3 Å². The molecule has 1 amide bonds. The smallest absolute Gasteiger partial charge is 0.220 e. The monoisotopic (exact) mass is 690 g/mol. The molecule has 4 rings (SSSR count). The molecule has 0 radical (unpaired) electrons. The lowest BCUT2D eigenvalue weighted by atomic mass is 9.43. The highest BCUT2D eigenvalue weighted by atomic mass is 16.5. The molecule has 49 heavy (non-hydrogen) atoms. The predicted octanol–water partition coefficient (Wildman–Crippen LogP) is 8.41. The van der Waals surface area contributed by atoms with Gasteiger partial charge in [-0.1, -0.05) is 73.1 Å². The fourth-order valence-electron chi connectivity index (χ4n) is 11.4. The molecule has 0 spiro atoms. The van der Waals surface area contributed by atoms with Gasteiger partial charge in [0.25, 0.3) is 0 Å². The second kappa shape index (κ2) is 20.5. The summed E-state index contributed by atoms with van der Waals surface area (Å²) < 4.78 is 20.4. The first kappa shape index (κ1) is 41.0. The molecule has 5 N–H and O–H groups in total. The van der Waals surface area contributed by atoms with Gasteiger partial charge in [-0.25, -0.2) is 0 Å². The maximum absolute atomic E-state index is 12.9. The zero-order valence-corrected chi connectivity index (χ0v) is 32.7. The van der Waals surface area contributed by atoms with E-state index in [1.807, 2.05) is 0 Å². The van der Waals surface area contributed by atoms with Crippen LogP contribution in [0.3, 0.4) is 0 Å². The van der Waals surface area contributed by atoms with Gasteiger partial charge < -0.3 is 31.0 Å². The minimum absolute atomic E-state index is 0.0856. The van der Waals surface area contributed by atoms with Crippen LogP contribution in [0.4, 0.5) is 0 Å². The molecule has 4 fully saturated rings. The highest BCUT2D eigenvalue weighted by Gasteiger charge is 2.66. The summed E-state index contributed by atoms with van der Waals surface area (Å²) >= 11 is 0. The van der Waals surface area contributed by atoms with E-state index in [2.05, 4.69) is 39.9 Å². The van der Waals surface area contributed by atoms with E-state index in [9.17, 15) is 4.79 Å². The number of ether oxygens (including phenoxy) is 3. The predicted molar refractivity (Wildman–Crippen MR) is 202 cm³/mol. The van der Waals surface area contributed by atoms with E-state index >= 15 is 0 Å². The maximum atomic E-state index is 12.9. The normalized spacial score (nSPS) is 36.1. The van der Waals surface area contributed by atoms with Crippen LogP contribution in [0.2, 0.25) is 0 Å². The van der Waals surface area contributed by atoms with Crippen LogP contribution < -0.4 is 16.8 Å². The molecule has 7 nitrogen and oxygen atoms in total. The largest absolute Gasteiger partial charge is 0.378 e. The molecule has 7 heteroatoms. The molecule has 2 unspecified atom stereocenters. The van der Waals surface area contributed by atoms with E-state index < -0.39 is 0 Å². The number of hydrogen-bond donors (Lipinski definition) is 3. The quantitative estimate of drug-likeness (QED) is 0.0930. The third-order valence-electron chi connectivity index (χ3n) is 14.3. The minimum Gasteiger partial charge on any atom is -0.378 e. The van der Waals surface area contributed by atoms with E-state index in [1.54, 1.807) is 0 Å². The van der Waals surface area contributed by atoms with Gasteiger partial charge in [0.1, 0.15) is 0 Å². The summed E-state index contributed by atoms with van der Waals surface area (Å²) in [5.41, 5.74) is 12.2. The van der Waals surface area contributed by atoms with Gasteiger partial charge in [-0.3, -0.25) is 4.79 Å². The van der Waals surface area contributed by atoms with Crippen molar-refractivity contribution in [3.63, 3.8) is 0 Å². The molecule has 4 aliphatic carbocycles. The highest BCUT2D eigenvalue weighted by molar-refractivity contribution is 5.75. The molecule has 0 saturated heterocycles. The number of nitrogens with two attached hydrogens (primary N) is 2. The lowest BCUT2D eigenvalue weighted by molar-refractivity contribution is -0.227. The first-order chi connectivity index (χ1) is 23.7. The lowest BCUT2D eigenvalue weighted by Crippen LogP contribution is -2.63. The zero-order chi connectivity index (χ0) is 35.3. The topological polar surface area (TPSA) is 109 Å². The number of rotatable bonds is 23. The summed E-state index contributed by atoms with van der Waals surface area (Å²) in [4.78, 5) is 12.9. The number of nitrogens with one attached hydrogen (secondary N) is 1. The Bertz CT molecular complexity index is 951. The lowest BCUT2D eigenvalue weighted by Gasteiger charge is -2.65. The number of amides is 1. The molecule has 0 aromatic rings. The molecule has 11 atom stereocenters. The van der Waals surface area contributed by atoms with Gasteiger partial charge in [0.15, 0.2) is 0 Å². The summed E-state index contributed by atoms with van der Waals surface area (Å²) in [7, 11) is 0. The van der Waals surface area contributed by atoms with E-state index in [0.717, 1.165) is 77.7 Å². The Labute approximate surface area is 301 Å². The second-order valence-electron chi connectivity index (χ2n) is 17.3. The van der Waals surface area contributed by atoms with Crippen LogP contribution in [-0.2, 0) is 19.0 Å². The molecular formula is C42H79N3O4. The van der Waals surface area contributed by atoms with Gasteiger partial charge in [-0.2, -0.15) is 0 Å². The summed E-state index contributed by atoms with van der Waals surface area (Å²) in [6.07, 6.45) is 22.5. The van der Waals surface area contributed by atoms with Gasteiger partial charge >= 0.3 is 0 Å². The van der Waals surface area contributed by atoms with Crippen molar-refractivity contribution in [2.24, 2.45) is 57.8 Å². The van der Waals surface area contributed by atoms with Crippen LogP contribution in [0.15, 0.2) is 0 Å². The van der Waals surface area contributed by atoms with Crippen molar-refractivity contribution >= 4 is 5.91 Å². The van der Waals surface area contributed by atoms with Crippen molar-refractivity contribution in [2.75, 3.05) is 39.5 Å². The molecule has 0 heterocycles. The zero-order valence-electron chi connectivity index (χ0n) is 32.7. The van der Waals surface area contributed by atoms with Gasteiger partial charge in [0.2, 0.25) is 5.91 Å². The Morgan fingerprint density at radius 3 is 2.22 bits per heavy atom. The first-order valence-corrected chi connectivity index (χ1v) is 21.3. The van der Waals surface area contributed by atoms with E-state index in [0.29, 0.717) is 67.2 Å². The molecule has 4 aliphatic rings. The second-order valence-corrected chi connectivity index (χ2v) is 17.3. The third-order valence-corrected chi connectivity index (χ3v) is 14.3. The Balaban J connectivity index is 1.49. The molecule has 4 saturated carbocycles. The van der Waals surface area contributed by atoms with Crippen LogP contribution in [0.5, 0.6) is 0 Å². The molecular weight excluding hydrogens is 610 g/mol. The maximum Gasteiger partial charge on any atom is 0.220 e. The van der Waals surface area contributed by atoms with Gasteiger partial charge in [0.05, 0.1) is 18.3 Å². The minimum atomic E-state index is 0.0856. The van der Waals surface area contributed by atoms with E-state index in [1.165, 1.54) is 64.2 Å². The van der Waals surface area contributed by atoms with Gasteiger partial charge in [0, 0.05) is 38.2 Å². The molecule has 0 aliphatic heterocycles. The van der Waals surface area contributed by atoms with Crippen LogP contribution in [0.1, 0.15) is 157 Å². The van der Waals surface area contributed by atoms with Crippen LogP contribution in [0.25, 0.3) is 0 Å². The summed E-state index contributed by atoms with van der Waals surface area (Å²) in [6.45, 7) is 16.8. The number of carbonyl (C=O) groups is 1. The Morgan fingerprint density at radius 2 is 1.49 bits per heavy atom. The van der Waals surface area contributed by atoms with Crippen LogP contribution in [-0.4, -0.2) is 63.7 Å². The van der Waals surface area contributed by atoms with Crippen molar-refractivity contribution in [2.45, 2.75) is 175 Å². The average molecular weight is 690 g/mol. The van der Waals surface area contributed by atoms with Crippen molar-refractivity contribution in [3.05, 3.63) is 0 Å². The van der Waals surface area contributed by atoms with Crippen molar-refractivity contribution < 1.29 is 19.0 Å². The number of hydrogen-bond acceptors (Lipinski definition) is 6. The number of carbonyl (C=O) groups excluding carboxylic acids is 1. The standard InChI is InChI=1S/C42H79N3O4/c1-6-8-10-11-12-13-24-45-39(46)19-16-31(3)34-17-18-35-40-36(30-38(42(34,35)5)49-27-15-23-44)41(4)21-20-33(47-26-14-22-43)28-32(41)29-37(40)48-25-9-7-2/h31-38,40H,6-30,43-44H2,1-5H3,(H,45,46)/t31-,32?,33-,34-,35+,36+,37-,38+,40?,41+,42-/m1/s1. The van der Waals surface area contributed by atoms with Crippen molar-refractivity contribution in [3.8, 4) is 0 Å². The molecule has 0 aromatic carbocycles. The van der Waals surface area contributed by atoms with E-state index in [4.69, 9.17) is 25.7 Å². The third kappa shape index (κ3) is 10.2. The van der Waals surface area contributed by atoms with Gasteiger partial charge in [-0.15, -0.1) is 0 Å². The van der Waals surface area contributed by atoms with Crippen molar-refractivity contribution in [1.82, 2.24) is 5.32 Å². The Hall–Kier alpha value is -0.730. The van der Waals surface area contributed by atoms with Gasteiger partial charge in [-0.05, 0) is 131 Å². The molecule has 286 valence electrons. The summed E-state index contributed by atoms with van der Waals surface area (Å²) in [6, 6.07) is 0. The summed E-state index contributed by atoms with van der Waals surface area (Å²) in [5, 5.41) is 3.24. The number of unbranched alkanes of at least 4 members (excludes halogenated alkanes) is 6.